The summed E-state index contributed by atoms with van der Waals surface area (Å²) < 4.78 is 0. The predicted molar refractivity (Wildman–Crippen MR) is 88.0 cm³/mol. The Kier molecular flexibility index (Phi) is 2.93. The molecule has 1 unspecified atom stereocenters. The molecule has 0 amide bonds. The molecule has 1 aliphatic carbocycles. The molecule has 0 radical (unpaired) electrons. The molecule has 3 nitrogen and oxygen atoms in total. The number of nitrogens with two attached hydrogens (primary N) is 1. The third-order valence-electron chi connectivity index (χ3n) is 4.42. The maximum atomic E-state index is 12.8. The quantitative estimate of drug-likeness (QED) is 0.577. The Morgan fingerprint density at radius 3 is 2.86 bits per heavy atom. The summed E-state index contributed by atoms with van der Waals surface area (Å²) in [5.41, 5.74) is 10.3. The number of anilines is 1. The van der Waals surface area contributed by atoms with Gasteiger partial charge in [0, 0.05) is 17.0 Å². The minimum Gasteiger partial charge on any atom is -0.399 e. The Morgan fingerprint density at radius 1 is 1.09 bits per heavy atom. The second-order valence-corrected chi connectivity index (χ2v) is 5.80. The number of fused-ring (bicyclic) bond motifs is 2. The molecule has 0 bridgehead atoms. The van der Waals surface area contributed by atoms with Gasteiger partial charge >= 0.3 is 0 Å². The fourth-order valence-electron chi connectivity index (χ4n) is 3.29. The van der Waals surface area contributed by atoms with Crippen LogP contribution in [0.3, 0.4) is 0 Å². The van der Waals surface area contributed by atoms with Crippen LogP contribution in [0.25, 0.3) is 10.9 Å². The van der Waals surface area contributed by atoms with Gasteiger partial charge in [-0.3, -0.25) is 4.79 Å². The third-order valence-corrected chi connectivity index (χ3v) is 4.42. The van der Waals surface area contributed by atoms with Gasteiger partial charge in [0.05, 0.1) is 5.52 Å². The smallest absolute Gasteiger partial charge is 0.188 e. The Bertz CT molecular complexity index is 885. The zero-order chi connectivity index (χ0) is 15.1. The standard InChI is InChI=1S/C19H16N2O/c20-14-7-10-17-13(11-14)6-9-18(21-17)19(22)16-8-5-12-3-1-2-4-15(12)16/h1-4,6-7,9-11,16H,5,8,20H2. The fourth-order valence-corrected chi connectivity index (χ4v) is 3.29. The van der Waals surface area contributed by atoms with Crippen molar-refractivity contribution < 1.29 is 4.79 Å². The van der Waals surface area contributed by atoms with E-state index >= 15 is 0 Å². The van der Waals surface area contributed by atoms with Crippen LogP contribution in [-0.4, -0.2) is 10.8 Å². The molecule has 108 valence electrons. The minimum absolute atomic E-state index is 0.0602. The van der Waals surface area contributed by atoms with Gasteiger partial charge in [0.15, 0.2) is 5.78 Å². The van der Waals surface area contributed by atoms with Crippen LogP contribution in [0, 0.1) is 0 Å². The molecule has 1 aliphatic rings. The molecule has 1 aromatic heterocycles. The molecule has 0 fully saturated rings. The summed E-state index contributed by atoms with van der Waals surface area (Å²) in [6, 6.07) is 17.5. The number of pyridine rings is 1. The average Bonchev–Trinajstić information content (AvgIpc) is 2.97. The zero-order valence-corrected chi connectivity index (χ0v) is 12.1. The number of aromatic nitrogens is 1. The van der Waals surface area contributed by atoms with E-state index in [0.717, 1.165) is 29.3 Å². The van der Waals surface area contributed by atoms with E-state index in [9.17, 15) is 4.79 Å². The lowest BCUT2D eigenvalue weighted by atomic mass is 9.94. The van der Waals surface area contributed by atoms with E-state index in [0.29, 0.717) is 11.4 Å². The molecule has 0 saturated carbocycles. The lowest BCUT2D eigenvalue weighted by Gasteiger charge is -2.10. The number of ketones is 1. The maximum Gasteiger partial charge on any atom is 0.188 e. The van der Waals surface area contributed by atoms with Gasteiger partial charge in [-0.1, -0.05) is 30.3 Å². The molecular weight excluding hydrogens is 272 g/mol. The molecule has 22 heavy (non-hydrogen) atoms. The van der Waals surface area contributed by atoms with Gasteiger partial charge in [-0.05, 0) is 48.2 Å². The summed E-state index contributed by atoms with van der Waals surface area (Å²) in [6.07, 6.45) is 1.84. The highest BCUT2D eigenvalue weighted by molar-refractivity contribution is 6.01. The molecule has 2 aromatic carbocycles. The molecular formula is C19H16N2O. The highest BCUT2D eigenvalue weighted by atomic mass is 16.1. The number of Topliss-reactive ketones (excluding diaryl/α,β-unsaturated/α-hetero) is 1. The van der Waals surface area contributed by atoms with Gasteiger partial charge in [-0.15, -0.1) is 0 Å². The van der Waals surface area contributed by atoms with Crippen LogP contribution in [-0.2, 0) is 6.42 Å². The number of benzene rings is 2. The molecule has 4 rings (SSSR count). The first-order valence-corrected chi connectivity index (χ1v) is 7.51. The highest BCUT2D eigenvalue weighted by Gasteiger charge is 2.29. The lowest BCUT2D eigenvalue weighted by Crippen LogP contribution is -2.12. The Balaban J connectivity index is 1.73. The van der Waals surface area contributed by atoms with E-state index in [-0.39, 0.29) is 11.7 Å². The summed E-state index contributed by atoms with van der Waals surface area (Å²) in [6.45, 7) is 0. The molecule has 1 heterocycles. The third kappa shape index (κ3) is 2.06. The number of nitrogen functional groups attached to an aromatic ring is 1. The van der Waals surface area contributed by atoms with Crippen LogP contribution in [0.1, 0.15) is 34.0 Å². The number of rotatable bonds is 2. The molecule has 0 aliphatic heterocycles. The van der Waals surface area contributed by atoms with Crippen molar-refractivity contribution in [3.63, 3.8) is 0 Å². The predicted octanol–water partition coefficient (Wildman–Crippen LogP) is 3.73. The van der Waals surface area contributed by atoms with Crippen molar-refractivity contribution in [1.29, 1.82) is 0 Å². The van der Waals surface area contributed by atoms with Crippen LogP contribution in [0.15, 0.2) is 54.6 Å². The molecule has 0 spiro atoms. The molecule has 2 N–H and O–H groups in total. The summed E-state index contributed by atoms with van der Waals surface area (Å²) in [4.78, 5) is 17.4. The van der Waals surface area contributed by atoms with Crippen molar-refractivity contribution in [2.75, 3.05) is 5.73 Å². The topological polar surface area (TPSA) is 56.0 Å². The van der Waals surface area contributed by atoms with Crippen LogP contribution < -0.4 is 5.73 Å². The first-order valence-electron chi connectivity index (χ1n) is 7.51. The van der Waals surface area contributed by atoms with Gasteiger partial charge in [0.1, 0.15) is 5.69 Å². The normalized spacial score (nSPS) is 16.6. The van der Waals surface area contributed by atoms with Gasteiger partial charge < -0.3 is 5.73 Å². The highest BCUT2D eigenvalue weighted by Crippen LogP contribution is 2.35. The van der Waals surface area contributed by atoms with Crippen LogP contribution in [0.4, 0.5) is 5.69 Å². The van der Waals surface area contributed by atoms with Gasteiger partial charge in [-0.25, -0.2) is 4.98 Å². The van der Waals surface area contributed by atoms with Crippen molar-refractivity contribution in [3.05, 3.63) is 71.4 Å². The van der Waals surface area contributed by atoms with Crippen molar-refractivity contribution in [2.24, 2.45) is 0 Å². The number of aryl methyl sites for hydroxylation is 1. The Hall–Kier alpha value is -2.68. The van der Waals surface area contributed by atoms with Crippen LogP contribution in [0.2, 0.25) is 0 Å². The molecule has 0 saturated heterocycles. The van der Waals surface area contributed by atoms with Crippen LogP contribution >= 0.6 is 0 Å². The Morgan fingerprint density at radius 2 is 1.95 bits per heavy atom. The van der Waals surface area contributed by atoms with Gasteiger partial charge in [0.25, 0.3) is 0 Å². The van der Waals surface area contributed by atoms with E-state index in [1.165, 1.54) is 5.56 Å². The number of nitrogens with zero attached hydrogens (tertiary/aromatic N) is 1. The zero-order valence-electron chi connectivity index (χ0n) is 12.1. The number of hydrogen-bond donors (Lipinski definition) is 1. The summed E-state index contributed by atoms with van der Waals surface area (Å²) in [5.74, 6) is 0.0543. The maximum absolute atomic E-state index is 12.8. The van der Waals surface area contributed by atoms with E-state index < -0.39 is 0 Å². The minimum atomic E-state index is -0.0602. The van der Waals surface area contributed by atoms with Crippen molar-refractivity contribution >= 4 is 22.4 Å². The van der Waals surface area contributed by atoms with Crippen molar-refractivity contribution in [1.82, 2.24) is 4.98 Å². The monoisotopic (exact) mass is 288 g/mol. The van der Waals surface area contributed by atoms with E-state index in [1.807, 2.05) is 42.5 Å². The lowest BCUT2D eigenvalue weighted by molar-refractivity contribution is 0.0955. The van der Waals surface area contributed by atoms with Crippen molar-refractivity contribution in [2.45, 2.75) is 18.8 Å². The Labute approximate surface area is 128 Å². The van der Waals surface area contributed by atoms with Gasteiger partial charge in [-0.2, -0.15) is 0 Å². The number of carbonyl (C=O) groups is 1. The van der Waals surface area contributed by atoms with Crippen molar-refractivity contribution in [3.8, 4) is 0 Å². The summed E-state index contributed by atoms with van der Waals surface area (Å²) in [5, 5.41) is 0.961. The molecule has 1 atom stereocenters. The molecule has 3 heteroatoms. The van der Waals surface area contributed by atoms with E-state index in [1.54, 1.807) is 0 Å². The first-order chi connectivity index (χ1) is 10.7. The first kappa shape index (κ1) is 13.0. The number of carbonyl (C=O) groups excluding carboxylic acids is 1. The SMILES string of the molecule is Nc1ccc2nc(C(=O)C3CCc4ccccc43)ccc2c1. The van der Waals surface area contributed by atoms with Crippen LogP contribution in [0.5, 0.6) is 0 Å². The average molecular weight is 288 g/mol. The van der Waals surface area contributed by atoms with E-state index in [4.69, 9.17) is 5.73 Å². The largest absolute Gasteiger partial charge is 0.399 e. The van der Waals surface area contributed by atoms with E-state index in [2.05, 4.69) is 17.1 Å². The second-order valence-electron chi connectivity index (χ2n) is 5.80. The van der Waals surface area contributed by atoms with Gasteiger partial charge in [0.2, 0.25) is 0 Å². The summed E-state index contributed by atoms with van der Waals surface area (Å²) in [7, 11) is 0. The second kappa shape index (κ2) is 4.95. The summed E-state index contributed by atoms with van der Waals surface area (Å²) >= 11 is 0. The fraction of sp³-hybridized carbons (Fsp3) is 0.158. The number of hydrogen-bond acceptors (Lipinski definition) is 3. The molecule has 3 aromatic rings.